The van der Waals surface area contributed by atoms with Gasteiger partial charge in [-0.2, -0.15) is 0 Å². The van der Waals surface area contributed by atoms with Gasteiger partial charge in [-0.1, -0.05) is 80.4 Å². The van der Waals surface area contributed by atoms with Gasteiger partial charge in [0.05, 0.1) is 0 Å². The lowest BCUT2D eigenvalue weighted by molar-refractivity contribution is 0.0110. The van der Waals surface area contributed by atoms with Gasteiger partial charge in [0.15, 0.2) is 0 Å². The number of aryl methyl sites for hydroxylation is 2. The molecule has 2 heteroatoms. The van der Waals surface area contributed by atoms with Crippen LogP contribution in [0.2, 0.25) is 0 Å². The van der Waals surface area contributed by atoms with E-state index in [9.17, 15) is 5.11 Å². The van der Waals surface area contributed by atoms with Crippen LogP contribution >= 0.6 is 0 Å². The highest BCUT2D eigenvalue weighted by atomic mass is 16.3. The Kier molecular flexibility index (Phi) is 4.46. The van der Waals surface area contributed by atoms with Gasteiger partial charge < -0.3 is 10.8 Å². The molecule has 118 valence electrons. The van der Waals surface area contributed by atoms with Crippen molar-refractivity contribution in [3.63, 3.8) is 0 Å². The zero-order valence-electron chi connectivity index (χ0n) is 14.2. The molecule has 2 rings (SSSR count). The quantitative estimate of drug-likeness (QED) is 0.902. The minimum Gasteiger partial charge on any atom is -0.379 e. The van der Waals surface area contributed by atoms with E-state index in [0.717, 1.165) is 22.3 Å². The van der Waals surface area contributed by atoms with Crippen LogP contribution in [0.15, 0.2) is 48.5 Å². The number of aliphatic hydroxyl groups is 1. The van der Waals surface area contributed by atoms with Gasteiger partial charge in [-0.25, -0.2) is 0 Å². The van der Waals surface area contributed by atoms with Crippen LogP contribution in [-0.4, -0.2) is 11.1 Å². The van der Waals surface area contributed by atoms with E-state index in [1.54, 1.807) is 0 Å². The van der Waals surface area contributed by atoms with Crippen molar-refractivity contribution in [3.05, 3.63) is 70.8 Å². The summed E-state index contributed by atoms with van der Waals surface area (Å²) in [6, 6.07) is 15.5. The van der Waals surface area contributed by atoms with Crippen LogP contribution in [0, 0.1) is 19.3 Å². The Morgan fingerprint density at radius 2 is 1.27 bits per heavy atom. The summed E-state index contributed by atoms with van der Waals surface area (Å²) in [5.41, 5.74) is 9.02. The summed E-state index contributed by atoms with van der Waals surface area (Å²) < 4.78 is 0. The largest absolute Gasteiger partial charge is 0.379 e. The minimum absolute atomic E-state index is 0.234. The third-order valence-electron chi connectivity index (χ3n) is 4.30. The van der Waals surface area contributed by atoms with Crippen LogP contribution in [0.3, 0.4) is 0 Å². The lowest BCUT2D eigenvalue weighted by atomic mass is 9.70. The molecule has 22 heavy (non-hydrogen) atoms. The predicted molar refractivity (Wildman–Crippen MR) is 92.8 cm³/mol. The number of rotatable bonds is 3. The second kappa shape index (κ2) is 5.86. The van der Waals surface area contributed by atoms with Crippen LogP contribution in [0.4, 0.5) is 0 Å². The molecule has 2 nitrogen and oxygen atoms in total. The fraction of sp³-hybridized carbons (Fsp3) is 0.400. The van der Waals surface area contributed by atoms with E-state index in [-0.39, 0.29) is 5.41 Å². The normalized spacial score (nSPS) is 14.0. The molecule has 3 N–H and O–H groups in total. The Bertz CT molecular complexity index is 609. The molecule has 0 aliphatic heterocycles. The summed E-state index contributed by atoms with van der Waals surface area (Å²) in [5.74, 6) is 0. The molecular weight excluding hydrogens is 270 g/mol. The second-order valence-corrected chi connectivity index (χ2v) is 7.35. The highest BCUT2D eigenvalue weighted by Crippen LogP contribution is 2.39. The molecule has 0 radical (unpaired) electrons. The average molecular weight is 297 g/mol. The van der Waals surface area contributed by atoms with Gasteiger partial charge in [-0.05, 0) is 30.4 Å². The molecule has 1 atom stereocenters. The Balaban J connectivity index is 2.69. The van der Waals surface area contributed by atoms with Gasteiger partial charge in [-0.15, -0.1) is 0 Å². The van der Waals surface area contributed by atoms with Crippen molar-refractivity contribution in [3.8, 4) is 0 Å². The maximum Gasteiger partial charge on any atom is 0.130 e. The fourth-order valence-electron chi connectivity index (χ4n) is 2.92. The van der Waals surface area contributed by atoms with Crippen molar-refractivity contribution in [2.75, 3.05) is 0 Å². The summed E-state index contributed by atoms with van der Waals surface area (Å²) in [5, 5.41) is 11.7. The molecular formula is C20H27NO. The van der Waals surface area contributed by atoms with Crippen molar-refractivity contribution in [1.29, 1.82) is 0 Å². The topological polar surface area (TPSA) is 46.2 Å². The van der Waals surface area contributed by atoms with E-state index in [4.69, 9.17) is 5.73 Å². The van der Waals surface area contributed by atoms with Crippen LogP contribution in [0.1, 0.15) is 43.0 Å². The molecule has 0 fully saturated rings. The van der Waals surface area contributed by atoms with Crippen LogP contribution in [-0.2, 0) is 5.60 Å². The number of benzene rings is 2. The van der Waals surface area contributed by atoms with Gasteiger partial charge in [0, 0.05) is 6.04 Å². The maximum absolute atomic E-state index is 11.7. The standard InChI is InChI=1S/C20H27NO/c1-14-8-6-10-16(12-14)20(22,18(21)19(3,4)5)17-11-7-9-15(2)13-17/h6-13,18,22H,21H2,1-5H3. The van der Waals surface area contributed by atoms with E-state index >= 15 is 0 Å². The molecule has 0 bridgehead atoms. The predicted octanol–water partition coefficient (Wildman–Crippen LogP) is 3.91. The molecule has 0 aliphatic carbocycles. The molecule has 2 aromatic rings. The molecule has 0 spiro atoms. The van der Waals surface area contributed by atoms with Gasteiger partial charge >= 0.3 is 0 Å². The van der Waals surface area contributed by atoms with Crippen molar-refractivity contribution >= 4 is 0 Å². The van der Waals surface area contributed by atoms with E-state index in [0.29, 0.717) is 0 Å². The van der Waals surface area contributed by atoms with Gasteiger partial charge in [-0.3, -0.25) is 0 Å². The van der Waals surface area contributed by atoms with Crippen LogP contribution in [0.25, 0.3) is 0 Å². The van der Waals surface area contributed by atoms with Crippen LogP contribution < -0.4 is 5.73 Å². The molecule has 0 aliphatic rings. The zero-order valence-corrected chi connectivity index (χ0v) is 14.2. The second-order valence-electron chi connectivity index (χ2n) is 7.35. The molecule has 0 heterocycles. The van der Waals surface area contributed by atoms with Crippen molar-refractivity contribution in [2.45, 2.75) is 46.3 Å². The molecule has 1 unspecified atom stereocenters. The first-order valence-corrected chi connectivity index (χ1v) is 7.78. The highest BCUT2D eigenvalue weighted by molar-refractivity contribution is 5.41. The van der Waals surface area contributed by atoms with Gasteiger partial charge in [0.25, 0.3) is 0 Å². The summed E-state index contributed by atoms with van der Waals surface area (Å²) in [4.78, 5) is 0. The maximum atomic E-state index is 11.7. The monoisotopic (exact) mass is 297 g/mol. The first-order valence-electron chi connectivity index (χ1n) is 7.78. The van der Waals surface area contributed by atoms with E-state index < -0.39 is 11.6 Å². The first kappa shape index (κ1) is 16.7. The zero-order chi connectivity index (χ0) is 16.5. The summed E-state index contributed by atoms with van der Waals surface area (Å²) in [6.07, 6.45) is 0. The molecule has 2 aromatic carbocycles. The smallest absolute Gasteiger partial charge is 0.130 e. The lowest BCUT2D eigenvalue weighted by Crippen LogP contribution is -2.53. The Hall–Kier alpha value is -1.64. The van der Waals surface area contributed by atoms with E-state index in [2.05, 4.69) is 20.8 Å². The minimum atomic E-state index is -1.21. The summed E-state index contributed by atoms with van der Waals surface area (Å²) >= 11 is 0. The van der Waals surface area contributed by atoms with Crippen molar-refractivity contribution in [2.24, 2.45) is 11.1 Å². The summed E-state index contributed by atoms with van der Waals surface area (Å²) in [6.45, 7) is 10.3. The van der Waals surface area contributed by atoms with Crippen molar-refractivity contribution < 1.29 is 5.11 Å². The number of hydrogen-bond acceptors (Lipinski definition) is 2. The Labute approximate surface area is 134 Å². The number of hydrogen-bond donors (Lipinski definition) is 2. The number of nitrogens with two attached hydrogens (primary N) is 1. The third-order valence-corrected chi connectivity index (χ3v) is 4.30. The van der Waals surface area contributed by atoms with Gasteiger partial charge in [0.1, 0.15) is 5.60 Å². The average Bonchev–Trinajstić information content (AvgIpc) is 2.44. The van der Waals surface area contributed by atoms with Crippen LogP contribution in [0.5, 0.6) is 0 Å². The molecule has 0 amide bonds. The fourth-order valence-corrected chi connectivity index (χ4v) is 2.92. The first-order chi connectivity index (χ1) is 10.2. The Morgan fingerprint density at radius 3 is 1.59 bits per heavy atom. The molecule has 0 saturated heterocycles. The Morgan fingerprint density at radius 1 is 0.864 bits per heavy atom. The third kappa shape index (κ3) is 3.08. The summed E-state index contributed by atoms with van der Waals surface area (Å²) in [7, 11) is 0. The van der Waals surface area contributed by atoms with Crippen molar-refractivity contribution in [1.82, 2.24) is 0 Å². The molecule has 0 saturated carbocycles. The molecule has 0 aromatic heterocycles. The van der Waals surface area contributed by atoms with E-state index in [1.165, 1.54) is 0 Å². The van der Waals surface area contributed by atoms with E-state index in [1.807, 2.05) is 62.4 Å². The SMILES string of the molecule is Cc1cccc(C(O)(c2cccc(C)c2)C(N)C(C)(C)C)c1. The highest BCUT2D eigenvalue weighted by Gasteiger charge is 2.44. The lowest BCUT2D eigenvalue weighted by Gasteiger charge is -2.42. The van der Waals surface area contributed by atoms with Gasteiger partial charge in [0.2, 0.25) is 0 Å².